The highest BCUT2D eigenvalue weighted by Gasteiger charge is 2.38. The Bertz CT molecular complexity index is 175. The van der Waals surface area contributed by atoms with E-state index in [1.54, 1.807) is 28.4 Å². The van der Waals surface area contributed by atoms with Gasteiger partial charge in [-0.1, -0.05) is 0 Å². The monoisotopic (exact) mass is 220 g/mol. The molecular formula is C10H20O5. The van der Waals surface area contributed by atoms with E-state index in [-0.39, 0.29) is 24.6 Å². The van der Waals surface area contributed by atoms with Gasteiger partial charge < -0.3 is 23.7 Å². The van der Waals surface area contributed by atoms with Crippen LogP contribution in [-0.2, 0) is 23.7 Å². The van der Waals surface area contributed by atoms with Gasteiger partial charge in [-0.25, -0.2) is 0 Å². The van der Waals surface area contributed by atoms with Gasteiger partial charge in [-0.3, -0.25) is 0 Å². The predicted molar refractivity (Wildman–Crippen MR) is 53.8 cm³/mol. The Balaban J connectivity index is 2.59. The second kappa shape index (κ2) is 6.40. The smallest absolute Gasteiger partial charge is 0.183 e. The van der Waals surface area contributed by atoms with E-state index in [2.05, 4.69) is 0 Å². The topological polar surface area (TPSA) is 46.2 Å². The average molecular weight is 220 g/mol. The molecule has 0 bridgehead atoms. The van der Waals surface area contributed by atoms with Crippen molar-refractivity contribution in [3.05, 3.63) is 0 Å². The molecule has 0 spiro atoms. The highest BCUT2D eigenvalue weighted by atomic mass is 16.7. The largest absolute Gasteiger partial charge is 0.382 e. The van der Waals surface area contributed by atoms with Crippen LogP contribution in [0.15, 0.2) is 0 Å². The van der Waals surface area contributed by atoms with Gasteiger partial charge in [0.05, 0.1) is 12.7 Å². The van der Waals surface area contributed by atoms with Crippen LogP contribution < -0.4 is 0 Å². The molecule has 0 aromatic rings. The van der Waals surface area contributed by atoms with Crippen LogP contribution in [0.1, 0.15) is 6.42 Å². The summed E-state index contributed by atoms with van der Waals surface area (Å²) >= 11 is 0. The number of rotatable bonds is 5. The van der Waals surface area contributed by atoms with Crippen molar-refractivity contribution in [3.63, 3.8) is 0 Å². The summed E-state index contributed by atoms with van der Waals surface area (Å²) in [7, 11) is 6.55. The van der Waals surface area contributed by atoms with Crippen molar-refractivity contribution in [2.45, 2.75) is 31.0 Å². The molecule has 0 saturated carbocycles. The first-order valence-corrected chi connectivity index (χ1v) is 4.99. The fraction of sp³-hybridized carbons (Fsp3) is 1.00. The molecule has 5 nitrogen and oxygen atoms in total. The fourth-order valence-corrected chi connectivity index (χ4v) is 1.81. The average Bonchev–Trinajstić information content (AvgIpc) is 2.28. The van der Waals surface area contributed by atoms with Crippen molar-refractivity contribution in [2.75, 3.05) is 35.0 Å². The second-order valence-corrected chi connectivity index (χ2v) is 3.52. The third-order valence-corrected chi connectivity index (χ3v) is 2.66. The molecule has 90 valence electrons. The number of methoxy groups -OCH3 is 4. The van der Waals surface area contributed by atoms with Crippen molar-refractivity contribution < 1.29 is 23.7 Å². The SMILES string of the molecule is COCC1OC(OC)C(OC)CC1OC. The van der Waals surface area contributed by atoms with E-state index in [9.17, 15) is 0 Å². The normalized spacial score (nSPS) is 36.8. The van der Waals surface area contributed by atoms with Crippen LogP contribution in [0, 0.1) is 0 Å². The van der Waals surface area contributed by atoms with Crippen molar-refractivity contribution in [1.29, 1.82) is 0 Å². The number of hydrogen-bond donors (Lipinski definition) is 0. The van der Waals surface area contributed by atoms with E-state index in [4.69, 9.17) is 23.7 Å². The summed E-state index contributed by atoms with van der Waals surface area (Å²) in [6.07, 6.45) is 0.201. The molecule has 1 heterocycles. The molecule has 1 aliphatic heterocycles. The van der Waals surface area contributed by atoms with Crippen LogP contribution in [0.2, 0.25) is 0 Å². The summed E-state index contributed by atoms with van der Waals surface area (Å²) in [5.41, 5.74) is 0. The molecule has 4 unspecified atom stereocenters. The lowest BCUT2D eigenvalue weighted by atomic mass is 10.0. The molecule has 0 aromatic carbocycles. The molecule has 4 atom stereocenters. The van der Waals surface area contributed by atoms with Crippen molar-refractivity contribution >= 4 is 0 Å². The van der Waals surface area contributed by atoms with Gasteiger partial charge in [-0.2, -0.15) is 0 Å². The van der Waals surface area contributed by atoms with Crippen LogP contribution >= 0.6 is 0 Å². The van der Waals surface area contributed by atoms with Gasteiger partial charge in [0.15, 0.2) is 6.29 Å². The Morgan fingerprint density at radius 1 is 1.00 bits per heavy atom. The Morgan fingerprint density at radius 2 is 1.67 bits per heavy atom. The summed E-state index contributed by atoms with van der Waals surface area (Å²) in [4.78, 5) is 0. The van der Waals surface area contributed by atoms with E-state index in [1.165, 1.54) is 0 Å². The molecule has 0 aliphatic carbocycles. The summed E-state index contributed by atoms with van der Waals surface area (Å²) < 4.78 is 26.6. The van der Waals surface area contributed by atoms with Crippen molar-refractivity contribution in [2.24, 2.45) is 0 Å². The maximum atomic E-state index is 5.69. The molecular weight excluding hydrogens is 200 g/mol. The van der Waals surface area contributed by atoms with Gasteiger partial charge >= 0.3 is 0 Å². The molecule has 1 fully saturated rings. The lowest BCUT2D eigenvalue weighted by Gasteiger charge is -2.39. The molecule has 15 heavy (non-hydrogen) atoms. The third kappa shape index (κ3) is 3.12. The Kier molecular flexibility index (Phi) is 5.49. The summed E-state index contributed by atoms with van der Waals surface area (Å²) in [6.45, 7) is 0.495. The summed E-state index contributed by atoms with van der Waals surface area (Å²) in [5.74, 6) is 0. The minimum absolute atomic E-state index is 0.0127. The van der Waals surface area contributed by atoms with E-state index in [0.717, 1.165) is 6.42 Å². The highest BCUT2D eigenvalue weighted by Crippen LogP contribution is 2.24. The maximum Gasteiger partial charge on any atom is 0.183 e. The van der Waals surface area contributed by atoms with E-state index >= 15 is 0 Å². The van der Waals surface area contributed by atoms with Crippen LogP contribution in [-0.4, -0.2) is 59.6 Å². The van der Waals surface area contributed by atoms with Gasteiger partial charge in [-0.05, 0) is 0 Å². The number of hydrogen-bond acceptors (Lipinski definition) is 5. The quantitative estimate of drug-likeness (QED) is 0.672. The van der Waals surface area contributed by atoms with E-state index in [1.807, 2.05) is 0 Å². The van der Waals surface area contributed by atoms with Gasteiger partial charge in [0.25, 0.3) is 0 Å². The molecule has 0 aromatic heterocycles. The predicted octanol–water partition coefficient (Wildman–Crippen LogP) is 0.424. The molecule has 0 amide bonds. The first-order valence-electron chi connectivity index (χ1n) is 4.99. The zero-order valence-electron chi connectivity index (χ0n) is 9.76. The Hall–Kier alpha value is -0.200. The van der Waals surface area contributed by atoms with Gasteiger partial charge in [0.1, 0.15) is 12.2 Å². The Morgan fingerprint density at radius 3 is 2.13 bits per heavy atom. The maximum absolute atomic E-state index is 5.69. The highest BCUT2D eigenvalue weighted by molar-refractivity contribution is 4.82. The lowest BCUT2D eigenvalue weighted by molar-refractivity contribution is -0.271. The molecule has 0 N–H and O–H groups in total. The van der Waals surface area contributed by atoms with Gasteiger partial charge in [-0.15, -0.1) is 0 Å². The van der Waals surface area contributed by atoms with Crippen LogP contribution in [0.5, 0.6) is 0 Å². The zero-order valence-corrected chi connectivity index (χ0v) is 9.76. The second-order valence-electron chi connectivity index (χ2n) is 3.52. The zero-order chi connectivity index (χ0) is 11.3. The standard InChI is InChI=1S/C10H20O5/c1-11-6-9-7(12-2)5-8(13-3)10(14-4)15-9/h7-10H,5-6H2,1-4H3. The van der Waals surface area contributed by atoms with Gasteiger partial charge in [0.2, 0.25) is 0 Å². The van der Waals surface area contributed by atoms with Crippen LogP contribution in [0.25, 0.3) is 0 Å². The van der Waals surface area contributed by atoms with E-state index < -0.39 is 0 Å². The number of ether oxygens (including phenoxy) is 5. The van der Waals surface area contributed by atoms with Crippen molar-refractivity contribution in [1.82, 2.24) is 0 Å². The minimum Gasteiger partial charge on any atom is -0.382 e. The molecule has 1 aliphatic rings. The molecule has 1 saturated heterocycles. The molecule has 1 rings (SSSR count). The lowest BCUT2D eigenvalue weighted by Crippen LogP contribution is -2.51. The van der Waals surface area contributed by atoms with Gasteiger partial charge in [0, 0.05) is 34.9 Å². The molecule has 0 radical (unpaired) electrons. The summed E-state index contributed by atoms with van der Waals surface area (Å²) in [5, 5.41) is 0. The van der Waals surface area contributed by atoms with E-state index in [0.29, 0.717) is 6.61 Å². The minimum atomic E-state index is -0.346. The fourth-order valence-electron chi connectivity index (χ4n) is 1.81. The third-order valence-electron chi connectivity index (χ3n) is 2.66. The first kappa shape index (κ1) is 12.9. The summed E-state index contributed by atoms with van der Waals surface area (Å²) in [6, 6.07) is 0. The van der Waals surface area contributed by atoms with Crippen LogP contribution in [0.4, 0.5) is 0 Å². The van der Waals surface area contributed by atoms with Crippen LogP contribution in [0.3, 0.4) is 0 Å². The molecule has 5 heteroatoms. The van der Waals surface area contributed by atoms with Crippen molar-refractivity contribution in [3.8, 4) is 0 Å². The Labute approximate surface area is 90.6 Å². The first-order chi connectivity index (χ1) is 7.26.